The van der Waals surface area contributed by atoms with Crippen LogP contribution in [-0.2, 0) is 116 Å². The molecule has 7 aromatic rings. The van der Waals surface area contributed by atoms with Gasteiger partial charge in [-0.25, -0.2) is 0 Å². The van der Waals surface area contributed by atoms with E-state index in [1.165, 1.54) is 413 Å². The molecule has 7 rings (SSSR count). The van der Waals surface area contributed by atoms with Crippen LogP contribution in [0.4, 0.5) is 0 Å². The Labute approximate surface area is 706 Å². The van der Waals surface area contributed by atoms with Gasteiger partial charge in [-0.1, -0.05) is 457 Å². The lowest BCUT2D eigenvalue weighted by Crippen LogP contribution is -2.18. The van der Waals surface area contributed by atoms with Gasteiger partial charge in [-0.3, -0.25) is 0 Å². The van der Waals surface area contributed by atoms with Crippen molar-refractivity contribution in [2.24, 2.45) is 0 Å². The highest BCUT2D eigenvalue weighted by atomic mass is 14.3. The van der Waals surface area contributed by atoms with Crippen molar-refractivity contribution in [2.75, 3.05) is 0 Å². The second-order valence-electron chi connectivity index (χ2n) is 36.1. The van der Waals surface area contributed by atoms with Crippen LogP contribution in [0.15, 0.2) is 146 Å². The predicted molar refractivity (Wildman–Crippen MR) is 507 cm³/mol. The van der Waals surface area contributed by atoms with Crippen LogP contribution < -0.4 is 0 Å². The van der Waals surface area contributed by atoms with E-state index in [0.717, 1.165) is 77.0 Å². The SMILES string of the molecule is CCCCCCCCCCc1ccc(CCc2c(CCc3ccc(CCCCCCCCCC)cc3)c(CCc3ccc(CCCCCCCCCC)cc3)c(CCc3ccc(CCCCCCCCCC)cc3)c(CCc3ccc(CCCCCCCCCC)cc3)c2CCc2ccc(CCCCCCCCCC)cc2)cc1. The quantitative estimate of drug-likeness (QED) is 0.0333. The first-order valence-corrected chi connectivity index (χ1v) is 50.0. The first-order chi connectivity index (χ1) is 56.4. The number of benzene rings is 7. The van der Waals surface area contributed by atoms with E-state index < -0.39 is 0 Å². The molecule has 0 atom stereocenters. The molecule has 0 N–H and O–H groups in total. The Morgan fingerprint density at radius 2 is 0.184 bits per heavy atom. The zero-order valence-electron chi connectivity index (χ0n) is 75.5. The third-order valence-electron chi connectivity index (χ3n) is 26.2. The van der Waals surface area contributed by atoms with Gasteiger partial charge in [0.25, 0.3) is 0 Å². The van der Waals surface area contributed by atoms with Crippen LogP contribution in [0, 0.1) is 0 Å². The smallest absolute Gasteiger partial charge is 0.0233 e. The maximum Gasteiger partial charge on any atom is -0.0233 e. The van der Waals surface area contributed by atoms with E-state index in [1.807, 2.05) is 0 Å². The molecular weight excluding hydrogens is 1370 g/mol. The first kappa shape index (κ1) is 95.7. The summed E-state index contributed by atoms with van der Waals surface area (Å²) in [5.41, 5.74) is 28.4. The van der Waals surface area contributed by atoms with E-state index in [2.05, 4.69) is 187 Å². The van der Waals surface area contributed by atoms with Crippen LogP contribution in [0.3, 0.4) is 0 Å². The highest BCUT2D eigenvalue weighted by molar-refractivity contribution is 5.55. The fourth-order valence-corrected chi connectivity index (χ4v) is 18.5. The van der Waals surface area contributed by atoms with Crippen molar-refractivity contribution in [2.45, 2.75) is 465 Å². The van der Waals surface area contributed by atoms with E-state index in [-0.39, 0.29) is 0 Å². The molecule has 0 saturated heterocycles. The highest BCUT2D eigenvalue weighted by Crippen LogP contribution is 2.37. The number of unbranched alkanes of at least 4 members (excludes halogenated alkanes) is 42. The highest BCUT2D eigenvalue weighted by Gasteiger charge is 2.25. The van der Waals surface area contributed by atoms with Gasteiger partial charge in [-0.05, 0) is 254 Å². The van der Waals surface area contributed by atoms with Crippen molar-refractivity contribution >= 4 is 0 Å². The standard InChI is InChI=1S/C114H174/c1-7-13-19-25-31-37-43-49-55-97-61-73-103(74-62-97)85-91-109-110(92-86-104-75-63-98(64-76-104)56-50-44-38-32-26-20-14-8-2)112(94-88-106-79-67-100(68-80-106)58-52-46-40-34-28-22-16-10-4)114(96-90-108-83-71-102(72-84-108)60-54-48-42-36-30-24-18-12-6)113(95-89-107-81-69-101(70-82-107)59-53-47-41-35-29-23-17-11-5)111(109)93-87-105-77-65-99(66-78-105)57-51-45-39-33-27-21-15-9-3/h61-84H,7-60,85-96H2,1-6H3. The van der Waals surface area contributed by atoms with Crippen LogP contribution in [0.25, 0.3) is 0 Å². The molecule has 0 aliphatic carbocycles. The molecule has 630 valence electrons. The fraction of sp³-hybridized carbons (Fsp3) is 0.632. The van der Waals surface area contributed by atoms with Crippen molar-refractivity contribution < 1.29 is 0 Å². The Morgan fingerprint density at radius 3 is 0.289 bits per heavy atom. The lowest BCUT2D eigenvalue weighted by molar-refractivity contribution is 0.575. The summed E-state index contributed by atoms with van der Waals surface area (Å²) >= 11 is 0. The lowest BCUT2D eigenvalue weighted by Gasteiger charge is -2.28. The summed E-state index contributed by atoms with van der Waals surface area (Å²) in [5, 5.41) is 0. The molecule has 0 heteroatoms. The summed E-state index contributed by atoms with van der Waals surface area (Å²) in [6, 6.07) is 60.6. The summed E-state index contributed by atoms with van der Waals surface area (Å²) in [6.45, 7) is 14.0. The maximum atomic E-state index is 2.54. The summed E-state index contributed by atoms with van der Waals surface area (Å²) in [5.74, 6) is 0. The van der Waals surface area contributed by atoms with Crippen LogP contribution in [0.5, 0.6) is 0 Å². The number of aryl methyl sites for hydroxylation is 12. The van der Waals surface area contributed by atoms with Gasteiger partial charge in [0.1, 0.15) is 0 Å². The van der Waals surface area contributed by atoms with Crippen molar-refractivity contribution in [1.82, 2.24) is 0 Å². The van der Waals surface area contributed by atoms with Crippen LogP contribution >= 0.6 is 0 Å². The minimum atomic E-state index is 1.07. The Bertz CT molecular complexity index is 2780. The lowest BCUT2D eigenvalue weighted by atomic mass is 9.76. The Morgan fingerprint density at radius 1 is 0.0965 bits per heavy atom. The second-order valence-corrected chi connectivity index (χ2v) is 36.1. The molecule has 0 heterocycles. The average Bonchev–Trinajstić information content (AvgIpc) is 0.761. The second kappa shape index (κ2) is 63.6. The van der Waals surface area contributed by atoms with Crippen molar-refractivity contribution in [3.8, 4) is 0 Å². The van der Waals surface area contributed by atoms with Gasteiger partial charge in [0.15, 0.2) is 0 Å². The molecule has 7 aromatic carbocycles. The topological polar surface area (TPSA) is 0 Å². The minimum absolute atomic E-state index is 1.07. The van der Waals surface area contributed by atoms with Gasteiger partial charge in [0.2, 0.25) is 0 Å². The first-order valence-electron chi connectivity index (χ1n) is 50.0. The molecule has 0 saturated carbocycles. The van der Waals surface area contributed by atoms with Gasteiger partial charge < -0.3 is 0 Å². The molecule has 0 radical (unpaired) electrons. The monoisotopic (exact) mass is 1540 g/mol. The van der Waals surface area contributed by atoms with Gasteiger partial charge in [0, 0.05) is 0 Å². The molecule has 0 aliphatic heterocycles. The van der Waals surface area contributed by atoms with Crippen LogP contribution in [0.2, 0.25) is 0 Å². The molecule has 0 spiro atoms. The largest absolute Gasteiger partial charge is 0.0654 e. The molecule has 0 bridgehead atoms. The zero-order chi connectivity index (χ0) is 80.0. The summed E-state index contributed by atoms with van der Waals surface area (Å²) in [4.78, 5) is 0. The van der Waals surface area contributed by atoms with Gasteiger partial charge in [-0.2, -0.15) is 0 Å². The van der Waals surface area contributed by atoms with Gasteiger partial charge >= 0.3 is 0 Å². The maximum absolute atomic E-state index is 2.54. The molecular formula is C114H174. The van der Waals surface area contributed by atoms with Crippen LogP contribution in [-0.4, -0.2) is 0 Å². The van der Waals surface area contributed by atoms with Crippen molar-refractivity contribution in [1.29, 1.82) is 0 Å². The van der Waals surface area contributed by atoms with E-state index in [0.29, 0.717) is 0 Å². The van der Waals surface area contributed by atoms with E-state index in [1.54, 1.807) is 33.4 Å². The molecule has 0 amide bonds. The van der Waals surface area contributed by atoms with E-state index in [9.17, 15) is 0 Å². The molecule has 0 aromatic heterocycles. The Balaban J connectivity index is 1.31. The average molecular weight is 1540 g/mol. The Kier molecular flexibility index (Phi) is 53.4. The molecule has 0 unspecified atom stereocenters. The fourth-order valence-electron chi connectivity index (χ4n) is 18.5. The van der Waals surface area contributed by atoms with Crippen molar-refractivity contribution in [3.05, 3.63) is 246 Å². The third kappa shape index (κ3) is 41.8. The predicted octanol–water partition coefficient (Wildman–Crippen LogP) is 34.5. The van der Waals surface area contributed by atoms with E-state index in [4.69, 9.17) is 0 Å². The third-order valence-corrected chi connectivity index (χ3v) is 26.2. The molecule has 114 heavy (non-hydrogen) atoms. The number of rotatable bonds is 72. The van der Waals surface area contributed by atoms with E-state index >= 15 is 0 Å². The summed E-state index contributed by atoms with van der Waals surface area (Å²) in [7, 11) is 0. The van der Waals surface area contributed by atoms with Gasteiger partial charge in [0.05, 0.1) is 0 Å². The Hall–Kier alpha value is -5.46. The minimum Gasteiger partial charge on any atom is -0.0654 e. The molecule has 0 nitrogen and oxygen atoms in total. The zero-order valence-corrected chi connectivity index (χ0v) is 75.5. The molecule has 0 fully saturated rings. The van der Waals surface area contributed by atoms with Crippen LogP contribution in [0.1, 0.15) is 450 Å². The number of hydrogen-bond acceptors (Lipinski definition) is 0. The normalized spacial score (nSPS) is 11.6. The van der Waals surface area contributed by atoms with Gasteiger partial charge in [-0.15, -0.1) is 0 Å². The summed E-state index contributed by atoms with van der Waals surface area (Å²) in [6.07, 6.45) is 86.0. The summed E-state index contributed by atoms with van der Waals surface area (Å²) < 4.78 is 0. The molecule has 0 aliphatic rings. The van der Waals surface area contributed by atoms with Crippen molar-refractivity contribution in [3.63, 3.8) is 0 Å². The number of hydrogen-bond donors (Lipinski definition) is 0.